The van der Waals surface area contributed by atoms with Crippen LogP contribution in [0.4, 0.5) is 5.69 Å². The third kappa shape index (κ3) is 3.00. The number of carbonyl (C=O) groups is 1. The second kappa shape index (κ2) is 7.03. The molecule has 0 saturated heterocycles. The summed E-state index contributed by atoms with van der Waals surface area (Å²) in [5.41, 5.74) is 3.84. The van der Waals surface area contributed by atoms with Crippen molar-refractivity contribution in [1.82, 2.24) is 29.1 Å². The Hall–Kier alpha value is -3.29. The van der Waals surface area contributed by atoms with Crippen molar-refractivity contribution in [3.63, 3.8) is 0 Å². The van der Waals surface area contributed by atoms with E-state index >= 15 is 0 Å². The van der Waals surface area contributed by atoms with Crippen molar-refractivity contribution < 1.29 is 4.79 Å². The second-order valence-corrected chi connectivity index (χ2v) is 6.98. The van der Waals surface area contributed by atoms with Crippen LogP contribution in [0.1, 0.15) is 55.6 Å². The van der Waals surface area contributed by atoms with Gasteiger partial charge >= 0.3 is 0 Å². The van der Waals surface area contributed by atoms with Crippen LogP contribution >= 0.6 is 0 Å². The Kier molecular flexibility index (Phi) is 4.54. The van der Waals surface area contributed by atoms with Gasteiger partial charge in [-0.25, -0.2) is 14.5 Å². The van der Waals surface area contributed by atoms with Gasteiger partial charge in [-0.05, 0) is 37.1 Å². The third-order valence-electron chi connectivity index (χ3n) is 4.82. The molecule has 0 bridgehead atoms. The standard InChI is InChI=1S/C20H23N7O/c1-5-18-24-14-9-13(7-8-16(14)26(18)6-2)23-19(28)15-10-17(12(3)4)27-20(25-15)21-11-22-27/h7-12H,5-6H2,1-4H3,(H,23,28). The van der Waals surface area contributed by atoms with Gasteiger partial charge in [-0.2, -0.15) is 10.1 Å². The highest BCUT2D eigenvalue weighted by molar-refractivity contribution is 6.04. The summed E-state index contributed by atoms with van der Waals surface area (Å²) in [7, 11) is 0. The third-order valence-corrected chi connectivity index (χ3v) is 4.82. The molecule has 1 amide bonds. The van der Waals surface area contributed by atoms with Gasteiger partial charge in [0.15, 0.2) is 0 Å². The predicted molar refractivity (Wildman–Crippen MR) is 108 cm³/mol. The maximum atomic E-state index is 12.8. The first-order chi connectivity index (χ1) is 13.5. The summed E-state index contributed by atoms with van der Waals surface area (Å²) < 4.78 is 3.85. The van der Waals surface area contributed by atoms with Crippen molar-refractivity contribution in [3.8, 4) is 0 Å². The van der Waals surface area contributed by atoms with Gasteiger partial charge in [0.25, 0.3) is 11.7 Å². The van der Waals surface area contributed by atoms with Gasteiger partial charge in [-0.15, -0.1) is 0 Å². The van der Waals surface area contributed by atoms with Gasteiger partial charge < -0.3 is 9.88 Å². The topological polar surface area (TPSA) is 90.0 Å². The summed E-state index contributed by atoms with van der Waals surface area (Å²) >= 11 is 0. The molecule has 4 aromatic rings. The molecule has 1 N–H and O–H groups in total. The van der Waals surface area contributed by atoms with Crippen LogP contribution in [0.5, 0.6) is 0 Å². The van der Waals surface area contributed by atoms with E-state index < -0.39 is 0 Å². The fourth-order valence-electron chi connectivity index (χ4n) is 3.44. The lowest BCUT2D eigenvalue weighted by Crippen LogP contribution is -2.16. The molecular weight excluding hydrogens is 354 g/mol. The Labute approximate surface area is 162 Å². The van der Waals surface area contributed by atoms with Crippen molar-refractivity contribution >= 4 is 28.4 Å². The van der Waals surface area contributed by atoms with Gasteiger partial charge in [0.1, 0.15) is 17.8 Å². The quantitative estimate of drug-likeness (QED) is 0.575. The van der Waals surface area contributed by atoms with Gasteiger partial charge in [-0.3, -0.25) is 4.79 Å². The lowest BCUT2D eigenvalue weighted by molar-refractivity contribution is 0.102. The van der Waals surface area contributed by atoms with Gasteiger partial charge in [0.2, 0.25) is 0 Å². The molecule has 0 radical (unpaired) electrons. The summed E-state index contributed by atoms with van der Waals surface area (Å²) in [6.07, 6.45) is 2.31. The minimum absolute atomic E-state index is 0.181. The molecule has 8 heteroatoms. The number of hydrogen-bond donors (Lipinski definition) is 1. The van der Waals surface area contributed by atoms with Crippen LogP contribution in [0.15, 0.2) is 30.6 Å². The minimum atomic E-state index is -0.280. The molecule has 0 atom stereocenters. The lowest BCUT2D eigenvalue weighted by atomic mass is 10.1. The number of aromatic nitrogens is 6. The summed E-state index contributed by atoms with van der Waals surface area (Å²) in [6, 6.07) is 7.56. The molecule has 3 heterocycles. The number of carbonyl (C=O) groups excluding carboxylic acids is 1. The number of hydrogen-bond acceptors (Lipinski definition) is 5. The first kappa shape index (κ1) is 18.1. The number of amides is 1. The first-order valence-electron chi connectivity index (χ1n) is 9.53. The molecule has 0 unspecified atom stereocenters. The van der Waals surface area contributed by atoms with Crippen LogP contribution in [0.2, 0.25) is 0 Å². The zero-order valence-electron chi connectivity index (χ0n) is 16.5. The average Bonchev–Trinajstić information content (AvgIpc) is 3.30. The summed E-state index contributed by atoms with van der Waals surface area (Å²) in [5, 5.41) is 7.12. The number of fused-ring (bicyclic) bond motifs is 2. The molecular formula is C20H23N7O. The fraction of sp³-hybridized carbons (Fsp3) is 0.350. The smallest absolute Gasteiger partial charge is 0.274 e. The van der Waals surface area contributed by atoms with Crippen molar-refractivity contribution in [2.45, 2.75) is 46.6 Å². The van der Waals surface area contributed by atoms with Crippen molar-refractivity contribution in [2.24, 2.45) is 0 Å². The zero-order valence-corrected chi connectivity index (χ0v) is 16.5. The SMILES string of the molecule is CCc1nc2cc(NC(=O)c3cc(C(C)C)n4ncnc4n3)ccc2n1CC. The number of benzene rings is 1. The molecule has 0 fully saturated rings. The van der Waals surface area contributed by atoms with Crippen molar-refractivity contribution in [1.29, 1.82) is 0 Å². The molecule has 3 aromatic heterocycles. The van der Waals surface area contributed by atoms with Gasteiger partial charge in [-0.1, -0.05) is 20.8 Å². The summed E-state index contributed by atoms with van der Waals surface area (Å²) in [6.45, 7) is 9.15. The Morgan fingerprint density at radius 1 is 1.18 bits per heavy atom. The molecule has 4 rings (SSSR count). The number of rotatable bonds is 5. The number of nitrogens with zero attached hydrogens (tertiary/aromatic N) is 6. The maximum absolute atomic E-state index is 12.8. The molecule has 0 spiro atoms. The van der Waals surface area contributed by atoms with Gasteiger partial charge in [0, 0.05) is 18.7 Å². The zero-order chi connectivity index (χ0) is 19.8. The second-order valence-electron chi connectivity index (χ2n) is 6.98. The van der Waals surface area contributed by atoms with E-state index in [2.05, 4.69) is 43.8 Å². The molecule has 0 saturated carbocycles. The summed E-state index contributed by atoms with van der Waals surface area (Å²) in [5.74, 6) is 1.36. The minimum Gasteiger partial charge on any atom is -0.328 e. The Bertz CT molecular complexity index is 1170. The predicted octanol–water partition coefficient (Wildman–Crippen LogP) is 3.43. The Morgan fingerprint density at radius 3 is 2.71 bits per heavy atom. The van der Waals surface area contributed by atoms with Crippen LogP contribution in [0, 0.1) is 0 Å². The molecule has 0 aliphatic heterocycles. The lowest BCUT2D eigenvalue weighted by Gasteiger charge is -2.10. The van der Waals surface area contributed by atoms with E-state index in [0.29, 0.717) is 17.2 Å². The number of nitrogens with one attached hydrogen (secondary N) is 1. The van der Waals surface area contributed by atoms with Crippen molar-refractivity contribution in [3.05, 3.63) is 47.8 Å². The van der Waals surface area contributed by atoms with Crippen LogP contribution in [0.25, 0.3) is 16.8 Å². The first-order valence-corrected chi connectivity index (χ1v) is 9.53. The Morgan fingerprint density at radius 2 is 2.00 bits per heavy atom. The number of anilines is 1. The number of aryl methyl sites for hydroxylation is 2. The van der Waals surface area contributed by atoms with E-state index in [1.54, 1.807) is 10.6 Å². The normalized spacial score (nSPS) is 11.6. The van der Waals surface area contributed by atoms with Crippen molar-refractivity contribution in [2.75, 3.05) is 5.32 Å². The molecule has 144 valence electrons. The van der Waals surface area contributed by atoms with Crippen LogP contribution in [-0.2, 0) is 13.0 Å². The highest BCUT2D eigenvalue weighted by Crippen LogP contribution is 2.22. The molecule has 8 nitrogen and oxygen atoms in total. The highest BCUT2D eigenvalue weighted by atomic mass is 16.1. The van der Waals surface area contributed by atoms with E-state index in [-0.39, 0.29) is 11.8 Å². The van der Waals surface area contributed by atoms with E-state index in [0.717, 1.165) is 35.5 Å². The maximum Gasteiger partial charge on any atom is 0.274 e. The monoisotopic (exact) mass is 377 g/mol. The molecule has 0 aliphatic rings. The molecule has 28 heavy (non-hydrogen) atoms. The van der Waals surface area contributed by atoms with Gasteiger partial charge in [0.05, 0.1) is 16.7 Å². The van der Waals surface area contributed by atoms with Crippen LogP contribution in [0.3, 0.4) is 0 Å². The average molecular weight is 377 g/mol. The molecule has 1 aromatic carbocycles. The highest BCUT2D eigenvalue weighted by Gasteiger charge is 2.16. The van der Waals surface area contributed by atoms with E-state index in [9.17, 15) is 4.79 Å². The van der Waals surface area contributed by atoms with Crippen LogP contribution < -0.4 is 5.32 Å². The van der Waals surface area contributed by atoms with E-state index in [4.69, 9.17) is 0 Å². The fourth-order valence-corrected chi connectivity index (χ4v) is 3.44. The Balaban J connectivity index is 1.67. The van der Waals surface area contributed by atoms with E-state index in [1.807, 2.05) is 32.0 Å². The number of imidazole rings is 1. The largest absolute Gasteiger partial charge is 0.328 e. The van der Waals surface area contributed by atoms with E-state index in [1.165, 1.54) is 6.33 Å². The molecule has 0 aliphatic carbocycles. The summed E-state index contributed by atoms with van der Waals surface area (Å²) in [4.78, 5) is 26.0. The van der Waals surface area contributed by atoms with Crippen LogP contribution in [-0.4, -0.2) is 35.0 Å².